The Bertz CT molecular complexity index is 124. The predicted molar refractivity (Wildman–Crippen MR) is 51.2 cm³/mol. The van der Waals surface area contributed by atoms with E-state index in [1.807, 2.05) is 14.1 Å². The highest BCUT2D eigenvalue weighted by atomic mass is 35.5. The van der Waals surface area contributed by atoms with Crippen LogP contribution in [0.5, 0.6) is 0 Å². The first-order chi connectivity index (χ1) is 5.16. The highest BCUT2D eigenvalue weighted by Crippen LogP contribution is 1.99. The molecule has 0 bridgehead atoms. The fourth-order valence-corrected chi connectivity index (χ4v) is 0.721. The van der Waals surface area contributed by atoms with Crippen LogP contribution in [0.2, 0.25) is 0 Å². The van der Waals surface area contributed by atoms with Crippen LogP contribution >= 0.6 is 23.2 Å². The van der Waals surface area contributed by atoms with Gasteiger partial charge in [-0.1, -0.05) is 23.2 Å². The second-order valence-electron chi connectivity index (χ2n) is 2.54. The minimum absolute atomic E-state index is 0.644. The molecule has 0 rings (SSSR count). The summed E-state index contributed by atoms with van der Waals surface area (Å²) < 4.78 is 0. The van der Waals surface area contributed by atoms with Crippen LogP contribution in [-0.2, 0) is 0 Å². The lowest BCUT2D eigenvalue weighted by Crippen LogP contribution is -2.27. The molecule has 0 atom stereocenters. The molecule has 0 spiro atoms. The number of hydrogen-bond donors (Lipinski definition) is 1. The van der Waals surface area contributed by atoms with Gasteiger partial charge in [-0.3, -0.25) is 0 Å². The molecule has 0 aliphatic rings. The van der Waals surface area contributed by atoms with Crippen LogP contribution in [-0.4, -0.2) is 38.6 Å². The molecule has 0 saturated heterocycles. The maximum Gasteiger partial charge on any atom is 0.0431 e. The molecule has 0 unspecified atom stereocenters. The van der Waals surface area contributed by atoms with Crippen molar-refractivity contribution in [3.05, 3.63) is 10.6 Å². The fraction of sp³-hybridized carbons (Fsp3) is 0.714. The van der Waals surface area contributed by atoms with Gasteiger partial charge in [0.05, 0.1) is 0 Å². The molecule has 0 radical (unpaired) electrons. The Labute approximate surface area is 78.2 Å². The average Bonchev–Trinajstić information content (AvgIpc) is 1.97. The van der Waals surface area contributed by atoms with Gasteiger partial charge in [0.25, 0.3) is 0 Å². The van der Waals surface area contributed by atoms with Crippen LogP contribution < -0.4 is 5.32 Å². The number of rotatable bonds is 5. The summed E-state index contributed by atoms with van der Waals surface area (Å²) in [6.07, 6.45) is 0. The molecule has 0 aromatic heterocycles. The molecular weight excluding hydrogens is 183 g/mol. The molecule has 0 aromatic rings. The topological polar surface area (TPSA) is 15.3 Å². The number of halogens is 2. The Balaban J connectivity index is 3.15. The quantitative estimate of drug-likeness (QED) is 0.671. The van der Waals surface area contributed by atoms with E-state index >= 15 is 0 Å². The van der Waals surface area contributed by atoms with Gasteiger partial charge in [-0.2, -0.15) is 0 Å². The van der Waals surface area contributed by atoms with E-state index in [-0.39, 0.29) is 0 Å². The van der Waals surface area contributed by atoms with E-state index in [0.29, 0.717) is 11.6 Å². The molecule has 0 amide bonds. The molecule has 0 heterocycles. The molecule has 0 aliphatic heterocycles. The lowest BCUT2D eigenvalue weighted by atomic mass is 10.5. The van der Waals surface area contributed by atoms with E-state index in [1.54, 1.807) is 0 Å². The Kier molecular flexibility index (Phi) is 7.07. The molecule has 11 heavy (non-hydrogen) atoms. The lowest BCUT2D eigenvalue weighted by molar-refractivity contribution is 0.404. The highest BCUT2D eigenvalue weighted by molar-refractivity contribution is 6.36. The van der Waals surface area contributed by atoms with Crippen molar-refractivity contribution < 1.29 is 0 Å². The molecule has 0 saturated carbocycles. The van der Waals surface area contributed by atoms with Gasteiger partial charge in [-0.05, 0) is 14.1 Å². The average molecular weight is 197 g/mol. The summed E-state index contributed by atoms with van der Waals surface area (Å²) in [6, 6.07) is 0. The minimum Gasteiger partial charge on any atom is -0.310 e. The van der Waals surface area contributed by atoms with Crippen molar-refractivity contribution >= 4 is 23.2 Å². The van der Waals surface area contributed by atoms with Crippen LogP contribution in [0.3, 0.4) is 0 Å². The van der Waals surface area contributed by atoms with E-state index in [1.165, 1.54) is 5.54 Å². The van der Waals surface area contributed by atoms with Gasteiger partial charge < -0.3 is 10.2 Å². The third-order valence-electron chi connectivity index (χ3n) is 1.15. The lowest BCUT2D eigenvalue weighted by Gasteiger charge is -2.09. The van der Waals surface area contributed by atoms with Crippen LogP contribution in [0.4, 0.5) is 0 Å². The predicted octanol–water partition coefficient (Wildman–Crippen LogP) is 1.46. The third kappa shape index (κ3) is 8.14. The van der Waals surface area contributed by atoms with Gasteiger partial charge >= 0.3 is 0 Å². The van der Waals surface area contributed by atoms with Crippen LogP contribution in [0.1, 0.15) is 0 Å². The molecule has 0 fully saturated rings. The maximum absolute atomic E-state index is 5.63. The second kappa shape index (κ2) is 6.92. The zero-order valence-corrected chi connectivity index (χ0v) is 8.41. The van der Waals surface area contributed by atoms with Crippen LogP contribution in [0.25, 0.3) is 0 Å². The Morgan fingerprint density at radius 1 is 1.55 bits per heavy atom. The summed E-state index contributed by atoms with van der Waals surface area (Å²) in [4.78, 5) is 2.10. The van der Waals surface area contributed by atoms with Gasteiger partial charge in [0.15, 0.2) is 0 Å². The smallest absolute Gasteiger partial charge is 0.0431 e. The van der Waals surface area contributed by atoms with Crippen molar-refractivity contribution in [3.63, 3.8) is 0 Å². The molecular formula is C7H14Cl2N2. The molecule has 4 heteroatoms. The molecule has 1 N–H and O–H groups in total. The van der Waals surface area contributed by atoms with Gasteiger partial charge in [-0.15, -0.1) is 0 Å². The summed E-state index contributed by atoms with van der Waals surface area (Å²) in [7, 11) is 4.06. The zero-order chi connectivity index (χ0) is 8.69. The van der Waals surface area contributed by atoms with Crippen molar-refractivity contribution in [1.29, 1.82) is 0 Å². The number of nitrogens with zero attached hydrogens (tertiary/aromatic N) is 1. The van der Waals surface area contributed by atoms with E-state index in [0.717, 1.165) is 13.1 Å². The highest BCUT2D eigenvalue weighted by Gasteiger charge is 1.91. The zero-order valence-electron chi connectivity index (χ0n) is 6.90. The summed E-state index contributed by atoms with van der Waals surface area (Å²) >= 11 is 11.0. The molecule has 2 nitrogen and oxygen atoms in total. The first-order valence-corrected chi connectivity index (χ1v) is 4.28. The van der Waals surface area contributed by atoms with Gasteiger partial charge in [0.1, 0.15) is 0 Å². The second-order valence-corrected chi connectivity index (χ2v) is 3.24. The van der Waals surface area contributed by atoms with Crippen molar-refractivity contribution in [2.75, 3.05) is 33.7 Å². The first-order valence-electron chi connectivity index (χ1n) is 3.47. The Morgan fingerprint density at radius 2 is 2.18 bits per heavy atom. The summed E-state index contributed by atoms with van der Waals surface area (Å²) in [6.45, 7) is 2.58. The van der Waals surface area contributed by atoms with E-state index in [9.17, 15) is 0 Å². The van der Waals surface area contributed by atoms with Crippen molar-refractivity contribution in [2.45, 2.75) is 0 Å². The fourth-order valence-electron chi connectivity index (χ4n) is 0.549. The van der Waals surface area contributed by atoms with Crippen molar-refractivity contribution in [1.82, 2.24) is 10.2 Å². The van der Waals surface area contributed by atoms with E-state index in [4.69, 9.17) is 23.2 Å². The first kappa shape index (κ1) is 11.2. The van der Waals surface area contributed by atoms with Crippen molar-refractivity contribution in [3.8, 4) is 0 Å². The summed E-state index contributed by atoms with van der Waals surface area (Å²) in [5.74, 6) is 0. The van der Waals surface area contributed by atoms with E-state index in [2.05, 4.69) is 10.2 Å². The Hall–Kier alpha value is 0.240. The number of nitrogens with one attached hydrogen (secondary N) is 1. The number of hydrogen-bond acceptors (Lipinski definition) is 2. The summed E-state index contributed by atoms with van der Waals surface area (Å²) in [5, 5.41) is 3.78. The standard InChI is InChI=1S/C7H14Cl2N2/c1-11(2)4-3-10-6-7(9)5-8/h5,10H,3-4,6H2,1-2H3. The number of likely N-dealkylation sites (N-methyl/N-ethyl adjacent to an activating group) is 1. The largest absolute Gasteiger partial charge is 0.310 e. The normalized spacial score (nSPS) is 12.6. The molecule has 0 aliphatic carbocycles. The SMILES string of the molecule is CN(C)CCNCC(Cl)=CCl. The van der Waals surface area contributed by atoms with Gasteiger partial charge in [0.2, 0.25) is 0 Å². The third-order valence-corrected chi connectivity index (χ3v) is 1.77. The Morgan fingerprint density at radius 3 is 2.64 bits per heavy atom. The van der Waals surface area contributed by atoms with Gasteiger partial charge in [-0.25, -0.2) is 0 Å². The minimum atomic E-state index is 0.644. The van der Waals surface area contributed by atoms with Crippen LogP contribution in [0, 0.1) is 0 Å². The maximum atomic E-state index is 5.63. The van der Waals surface area contributed by atoms with Gasteiger partial charge in [0, 0.05) is 30.2 Å². The summed E-state index contributed by atoms with van der Waals surface area (Å²) in [5.41, 5.74) is 1.38. The molecule has 0 aromatic carbocycles. The van der Waals surface area contributed by atoms with E-state index < -0.39 is 0 Å². The monoisotopic (exact) mass is 196 g/mol. The van der Waals surface area contributed by atoms with Crippen LogP contribution in [0.15, 0.2) is 10.6 Å². The van der Waals surface area contributed by atoms with Crippen molar-refractivity contribution in [2.24, 2.45) is 0 Å². The molecule has 66 valence electrons.